The van der Waals surface area contributed by atoms with E-state index >= 15 is 0 Å². The minimum absolute atomic E-state index is 1.03. The molecule has 3 heteroatoms. The zero-order chi connectivity index (χ0) is 24.8. The highest BCUT2D eigenvalue weighted by Crippen LogP contribution is 2.42. The Balaban J connectivity index is 1.21. The van der Waals surface area contributed by atoms with Gasteiger partial charge in [-0.1, -0.05) is 72.8 Å². The number of thiophene rings is 1. The number of aromatic nitrogens is 2. The maximum Gasteiger partial charge on any atom is 0.0604 e. The summed E-state index contributed by atoms with van der Waals surface area (Å²) in [4.78, 5) is 1.45. The molecular weight excluding hydrogens is 480 g/mol. The Bertz CT molecular complexity index is 2150. The molecule has 3 aromatic heterocycles. The van der Waals surface area contributed by atoms with Crippen molar-refractivity contribution in [3.05, 3.63) is 131 Å². The predicted octanol–water partition coefficient (Wildman–Crippen LogP) is 9.51. The molecule has 0 spiro atoms. The van der Waals surface area contributed by atoms with Gasteiger partial charge in [-0.15, -0.1) is 11.3 Å². The van der Waals surface area contributed by atoms with Crippen molar-refractivity contribution in [2.75, 3.05) is 0 Å². The summed E-state index contributed by atoms with van der Waals surface area (Å²) in [5.41, 5.74) is 11.6. The van der Waals surface area contributed by atoms with Gasteiger partial charge in [0.1, 0.15) is 0 Å². The van der Waals surface area contributed by atoms with Gasteiger partial charge in [0, 0.05) is 38.5 Å². The fraction of sp³-hybridized carbons (Fsp3) is 0.0286. The Morgan fingerprint density at radius 2 is 1.21 bits per heavy atom. The number of benzene rings is 5. The van der Waals surface area contributed by atoms with Crippen molar-refractivity contribution in [1.29, 1.82) is 0 Å². The van der Waals surface area contributed by atoms with Crippen LogP contribution in [0.4, 0.5) is 0 Å². The molecule has 0 fully saturated rings. The van der Waals surface area contributed by atoms with Crippen molar-refractivity contribution in [3.63, 3.8) is 0 Å². The van der Waals surface area contributed by atoms with Crippen LogP contribution in [0.25, 0.3) is 66.1 Å². The van der Waals surface area contributed by atoms with Crippen molar-refractivity contribution in [2.24, 2.45) is 0 Å². The lowest BCUT2D eigenvalue weighted by Crippen LogP contribution is -2.04. The zero-order valence-electron chi connectivity index (χ0n) is 20.6. The monoisotopic (exact) mass is 502 g/mol. The van der Waals surface area contributed by atoms with Gasteiger partial charge in [-0.2, -0.15) is 0 Å². The van der Waals surface area contributed by atoms with Crippen molar-refractivity contribution in [3.8, 4) is 22.5 Å². The third kappa shape index (κ3) is 2.66. The summed E-state index contributed by atoms with van der Waals surface area (Å²) >= 11 is 1.86. The van der Waals surface area contributed by atoms with Crippen LogP contribution in [0.3, 0.4) is 0 Å². The first-order chi connectivity index (χ1) is 18.8. The summed E-state index contributed by atoms with van der Waals surface area (Å²) in [7, 11) is 0. The van der Waals surface area contributed by atoms with E-state index in [1.54, 1.807) is 0 Å². The van der Waals surface area contributed by atoms with Gasteiger partial charge in [0.25, 0.3) is 0 Å². The number of rotatable bonds is 2. The van der Waals surface area contributed by atoms with Crippen LogP contribution < -0.4 is 0 Å². The minimum Gasteiger partial charge on any atom is -0.309 e. The van der Waals surface area contributed by atoms with Crippen molar-refractivity contribution >= 4 is 54.9 Å². The normalized spacial score (nSPS) is 12.6. The van der Waals surface area contributed by atoms with E-state index in [0.29, 0.717) is 0 Å². The summed E-state index contributed by atoms with van der Waals surface area (Å²) in [6.07, 6.45) is 1.03. The van der Waals surface area contributed by atoms with Crippen LogP contribution >= 0.6 is 11.3 Å². The van der Waals surface area contributed by atoms with Gasteiger partial charge >= 0.3 is 0 Å². The summed E-state index contributed by atoms with van der Waals surface area (Å²) in [6.45, 7) is 0. The Labute approximate surface area is 223 Å². The fourth-order valence-electron chi connectivity index (χ4n) is 6.55. The summed E-state index contributed by atoms with van der Waals surface area (Å²) < 4.78 is 4.85. The summed E-state index contributed by atoms with van der Waals surface area (Å²) in [5.74, 6) is 0. The Hall–Kier alpha value is -4.60. The molecule has 1 aliphatic rings. The molecule has 0 radical (unpaired) electrons. The number of para-hydroxylation sites is 3. The average molecular weight is 503 g/mol. The van der Waals surface area contributed by atoms with Gasteiger partial charge in [0.2, 0.25) is 0 Å². The van der Waals surface area contributed by atoms with Gasteiger partial charge in [-0.3, -0.25) is 0 Å². The summed E-state index contributed by atoms with van der Waals surface area (Å²) in [6, 6.07) is 42.4. The molecule has 2 nitrogen and oxygen atoms in total. The van der Waals surface area contributed by atoms with Gasteiger partial charge in [-0.25, -0.2) is 0 Å². The Morgan fingerprint density at radius 3 is 2.00 bits per heavy atom. The van der Waals surface area contributed by atoms with Crippen LogP contribution in [0.5, 0.6) is 0 Å². The SMILES string of the molecule is c1ccc2c(c1)c1ccccc1n2-c1ccc(-c2ccc3c(c2)c2cccc4c2n3-c2ccsc2C4)cc1. The first kappa shape index (κ1) is 20.5. The molecule has 0 saturated carbocycles. The van der Waals surface area contributed by atoms with Crippen LogP contribution in [-0.4, -0.2) is 9.13 Å². The largest absolute Gasteiger partial charge is 0.309 e. The molecule has 4 heterocycles. The molecule has 0 amide bonds. The minimum atomic E-state index is 1.03. The molecule has 0 atom stereocenters. The average Bonchev–Trinajstić information content (AvgIpc) is 3.67. The highest BCUT2D eigenvalue weighted by molar-refractivity contribution is 7.10. The Morgan fingerprint density at radius 1 is 0.526 bits per heavy atom. The first-order valence-electron chi connectivity index (χ1n) is 13.1. The van der Waals surface area contributed by atoms with Crippen LogP contribution in [-0.2, 0) is 6.42 Å². The maximum atomic E-state index is 2.48. The van der Waals surface area contributed by atoms with E-state index < -0.39 is 0 Å². The second-order valence-electron chi connectivity index (χ2n) is 10.2. The molecule has 0 bridgehead atoms. The van der Waals surface area contributed by atoms with Crippen molar-refractivity contribution in [1.82, 2.24) is 9.13 Å². The third-order valence-corrected chi connectivity index (χ3v) is 9.13. The lowest BCUT2D eigenvalue weighted by atomic mass is 10.0. The Kier molecular flexibility index (Phi) is 4.02. The van der Waals surface area contributed by atoms with E-state index in [0.717, 1.165) is 6.42 Å². The molecule has 0 N–H and O–H groups in total. The molecule has 9 rings (SSSR count). The molecule has 0 saturated heterocycles. The van der Waals surface area contributed by atoms with Crippen LogP contribution in [0.1, 0.15) is 10.4 Å². The number of hydrogen-bond donors (Lipinski definition) is 0. The topological polar surface area (TPSA) is 9.86 Å². The molecule has 38 heavy (non-hydrogen) atoms. The van der Waals surface area contributed by atoms with E-state index in [1.165, 1.54) is 76.6 Å². The smallest absolute Gasteiger partial charge is 0.0604 e. The van der Waals surface area contributed by atoms with E-state index in [-0.39, 0.29) is 0 Å². The quantitative estimate of drug-likeness (QED) is 0.223. The third-order valence-electron chi connectivity index (χ3n) is 8.22. The van der Waals surface area contributed by atoms with Gasteiger partial charge < -0.3 is 9.13 Å². The van der Waals surface area contributed by atoms with Crippen molar-refractivity contribution in [2.45, 2.75) is 6.42 Å². The number of fused-ring (bicyclic) bond motifs is 8. The molecule has 1 aliphatic heterocycles. The van der Waals surface area contributed by atoms with Gasteiger partial charge in [0.05, 0.1) is 27.8 Å². The molecule has 0 aliphatic carbocycles. The molecule has 5 aromatic carbocycles. The first-order valence-corrected chi connectivity index (χ1v) is 13.9. The van der Waals surface area contributed by atoms with E-state index in [2.05, 4.69) is 130 Å². The molecule has 178 valence electrons. The number of hydrogen-bond acceptors (Lipinski definition) is 1. The lowest BCUT2D eigenvalue weighted by Gasteiger charge is -2.17. The predicted molar refractivity (Wildman–Crippen MR) is 161 cm³/mol. The van der Waals surface area contributed by atoms with E-state index in [1.807, 2.05) is 11.3 Å². The highest BCUT2D eigenvalue weighted by Gasteiger charge is 2.23. The van der Waals surface area contributed by atoms with Crippen molar-refractivity contribution < 1.29 is 0 Å². The summed E-state index contributed by atoms with van der Waals surface area (Å²) in [5, 5.41) is 7.48. The zero-order valence-corrected chi connectivity index (χ0v) is 21.4. The number of nitrogens with zero attached hydrogens (tertiary/aromatic N) is 2. The van der Waals surface area contributed by atoms with Crippen LogP contribution in [0.2, 0.25) is 0 Å². The molecule has 0 unspecified atom stereocenters. The molecular formula is C35H22N2S. The lowest BCUT2D eigenvalue weighted by molar-refractivity contribution is 1.08. The van der Waals surface area contributed by atoms with Gasteiger partial charge in [-0.05, 0) is 64.5 Å². The molecule has 8 aromatic rings. The van der Waals surface area contributed by atoms with E-state index in [9.17, 15) is 0 Å². The van der Waals surface area contributed by atoms with Crippen LogP contribution in [0, 0.1) is 0 Å². The van der Waals surface area contributed by atoms with Crippen LogP contribution in [0.15, 0.2) is 121 Å². The maximum absolute atomic E-state index is 2.48. The second kappa shape index (κ2) is 7.47. The standard InChI is InChI=1S/C35H22N2S/c1-3-10-30-26(7-1)27-8-2-4-11-31(27)36(30)25-15-12-22(13-16-25)23-14-17-32-29(20-23)28-9-5-6-24-21-34-33(18-19-38-34)37(32)35(24)28/h1-20H,21H2. The van der Waals surface area contributed by atoms with Gasteiger partial charge in [0.15, 0.2) is 0 Å². The fourth-order valence-corrected chi connectivity index (χ4v) is 7.43. The highest BCUT2D eigenvalue weighted by atomic mass is 32.1. The van der Waals surface area contributed by atoms with E-state index in [4.69, 9.17) is 0 Å². The second-order valence-corrected chi connectivity index (χ2v) is 11.2.